The molecule has 108 valence electrons. The predicted molar refractivity (Wildman–Crippen MR) is 84.3 cm³/mol. The van der Waals surface area contributed by atoms with Gasteiger partial charge in [-0.15, -0.1) is 0 Å². The lowest BCUT2D eigenvalue weighted by Crippen LogP contribution is -2.06. The average Bonchev–Trinajstić information content (AvgIpc) is 2.44. The standard InChI is InChI=1S/C18H31N/c1-3-5-6-7-8-9-13-17(12-4-2)16-18-14-10-11-15-19-18/h10-11,14-15,17H,3-9,12-13,16H2,1-2H3. The molecule has 1 aromatic heterocycles. The van der Waals surface area contributed by atoms with E-state index < -0.39 is 0 Å². The molecular weight excluding hydrogens is 230 g/mol. The molecule has 0 bridgehead atoms. The Balaban J connectivity index is 2.21. The van der Waals surface area contributed by atoms with Crippen molar-refractivity contribution in [2.75, 3.05) is 0 Å². The van der Waals surface area contributed by atoms with Crippen LogP contribution >= 0.6 is 0 Å². The van der Waals surface area contributed by atoms with Crippen LogP contribution in [0.2, 0.25) is 0 Å². The van der Waals surface area contributed by atoms with Crippen LogP contribution in [0.15, 0.2) is 24.4 Å². The normalized spacial score (nSPS) is 12.5. The first-order valence-corrected chi connectivity index (χ1v) is 8.26. The summed E-state index contributed by atoms with van der Waals surface area (Å²) < 4.78 is 0. The van der Waals surface area contributed by atoms with Crippen molar-refractivity contribution in [3.05, 3.63) is 30.1 Å². The van der Waals surface area contributed by atoms with Gasteiger partial charge in [-0.25, -0.2) is 0 Å². The Morgan fingerprint density at radius 2 is 1.68 bits per heavy atom. The Morgan fingerprint density at radius 3 is 2.37 bits per heavy atom. The number of pyridine rings is 1. The molecule has 1 heteroatoms. The minimum absolute atomic E-state index is 0.839. The molecule has 0 aliphatic heterocycles. The highest BCUT2D eigenvalue weighted by Crippen LogP contribution is 2.20. The molecule has 0 saturated heterocycles. The van der Waals surface area contributed by atoms with Crippen molar-refractivity contribution in [1.29, 1.82) is 0 Å². The molecule has 0 fully saturated rings. The van der Waals surface area contributed by atoms with Crippen molar-refractivity contribution in [3.63, 3.8) is 0 Å². The summed E-state index contributed by atoms with van der Waals surface area (Å²) in [6.45, 7) is 4.58. The van der Waals surface area contributed by atoms with Crippen LogP contribution in [-0.2, 0) is 6.42 Å². The van der Waals surface area contributed by atoms with E-state index in [1.54, 1.807) is 0 Å². The Bertz CT molecular complexity index is 294. The molecule has 1 unspecified atom stereocenters. The maximum atomic E-state index is 4.47. The molecule has 0 spiro atoms. The van der Waals surface area contributed by atoms with E-state index in [1.807, 2.05) is 12.3 Å². The fourth-order valence-corrected chi connectivity index (χ4v) is 2.78. The van der Waals surface area contributed by atoms with Crippen LogP contribution in [0, 0.1) is 5.92 Å². The van der Waals surface area contributed by atoms with Crippen LogP contribution in [0.3, 0.4) is 0 Å². The fraction of sp³-hybridized carbons (Fsp3) is 0.722. The maximum Gasteiger partial charge on any atom is 0.0406 e. The summed E-state index contributed by atoms with van der Waals surface area (Å²) in [7, 11) is 0. The first-order valence-electron chi connectivity index (χ1n) is 8.26. The molecule has 19 heavy (non-hydrogen) atoms. The molecule has 1 heterocycles. The lowest BCUT2D eigenvalue weighted by Gasteiger charge is -2.15. The van der Waals surface area contributed by atoms with Crippen molar-refractivity contribution >= 4 is 0 Å². The summed E-state index contributed by atoms with van der Waals surface area (Å²) in [6.07, 6.45) is 15.6. The minimum atomic E-state index is 0.839. The van der Waals surface area contributed by atoms with E-state index in [0.717, 1.165) is 5.92 Å². The van der Waals surface area contributed by atoms with Crippen LogP contribution in [0.1, 0.15) is 77.3 Å². The van der Waals surface area contributed by atoms with Crippen LogP contribution in [-0.4, -0.2) is 4.98 Å². The second kappa shape index (κ2) is 11.0. The summed E-state index contributed by atoms with van der Waals surface area (Å²) in [6, 6.07) is 6.28. The number of hydrogen-bond acceptors (Lipinski definition) is 1. The van der Waals surface area contributed by atoms with Crippen molar-refractivity contribution in [2.45, 2.75) is 78.1 Å². The van der Waals surface area contributed by atoms with Gasteiger partial charge in [0.05, 0.1) is 0 Å². The van der Waals surface area contributed by atoms with Crippen molar-refractivity contribution in [2.24, 2.45) is 5.92 Å². The number of hydrogen-bond donors (Lipinski definition) is 0. The monoisotopic (exact) mass is 261 g/mol. The Hall–Kier alpha value is -0.850. The van der Waals surface area contributed by atoms with Gasteiger partial charge < -0.3 is 0 Å². The van der Waals surface area contributed by atoms with Gasteiger partial charge in [-0.2, -0.15) is 0 Å². The molecule has 1 atom stereocenters. The number of rotatable bonds is 11. The molecule has 0 saturated carbocycles. The highest BCUT2D eigenvalue weighted by molar-refractivity contribution is 5.04. The zero-order chi connectivity index (χ0) is 13.8. The topological polar surface area (TPSA) is 12.9 Å². The van der Waals surface area contributed by atoms with Gasteiger partial charge >= 0.3 is 0 Å². The van der Waals surface area contributed by atoms with Gasteiger partial charge in [-0.1, -0.05) is 77.7 Å². The van der Waals surface area contributed by atoms with Gasteiger partial charge in [0.1, 0.15) is 0 Å². The molecule has 0 aliphatic rings. The number of nitrogens with zero attached hydrogens (tertiary/aromatic N) is 1. The third-order valence-corrected chi connectivity index (χ3v) is 3.89. The molecule has 0 radical (unpaired) electrons. The molecule has 1 aromatic rings. The lowest BCUT2D eigenvalue weighted by molar-refractivity contribution is 0.414. The third-order valence-electron chi connectivity index (χ3n) is 3.89. The summed E-state index contributed by atoms with van der Waals surface area (Å²) in [4.78, 5) is 4.47. The summed E-state index contributed by atoms with van der Waals surface area (Å²) in [5.74, 6) is 0.839. The van der Waals surface area contributed by atoms with Gasteiger partial charge in [-0.05, 0) is 24.5 Å². The summed E-state index contributed by atoms with van der Waals surface area (Å²) >= 11 is 0. The SMILES string of the molecule is CCCCCCCCC(CCC)Cc1ccccn1. The van der Waals surface area contributed by atoms with Crippen molar-refractivity contribution in [1.82, 2.24) is 4.98 Å². The van der Waals surface area contributed by atoms with Gasteiger partial charge in [0.2, 0.25) is 0 Å². The smallest absolute Gasteiger partial charge is 0.0406 e. The first kappa shape index (κ1) is 16.2. The summed E-state index contributed by atoms with van der Waals surface area (Å²) in [5, 5.41) is 0. The summed E-state index contributed by atoms with van der Waals surface area (Å²) in [5.41, 5.74) is 1.27. The van der Waals surface area contributed by atoms with Gasteiger partial charge in [-0.3, -0.25) is 4.98 Å². The quantitative estimate of drug-likeness (QED) is 0.459. The van der Waals surface area contributed by atoms with E-state index >= 15 is 0 Å². The molecule has 0 aliphatic carbocycles. The average molecular weight is 261 g/mol. The van der Waals surface area contributed by atoms with Crippen molar-refractivity contribution in [3.8, 4) is 0 Å². The van der Waals surface area contributed by atoms with Crippen LogP contribution in [0.5, 0.6) is 0 Å². The van der Waals surface area contributed by atoms with E-state index in [9.17, 15) is 0 Å². The van der Waals surface area contributed by atoms with Crippen LogP contribution in [0.4, 0.5) is 0 Å². The molecule has 1 rings (SSSR count). The van der Waals surface area contributed by atoms with Crippen LogP contribution < -0.4 is 0 Å². The molecule has 0 N–H and O–H groups in total. The number of aromatic nitrogens is 1. The van der Waals surface area contributed by atoms with Gasteiger partial charge in [0, 0.05) is 11.9 Å². The van der Waals surface area contributed by atoms with E-state index in [0.29, 0.717) is 0 Å². The zero-order valence-electron chi connectivity index (χ0n) is 12.9. The van der Waals surface area contributed by atoms with E-state index in [2.05, 4.69) is 31.0 Å². The highest BCUT2D eigenvalue weighted by atomic mass is 14.7. The molecule has 1 nitrogen and oxygen atoms in total. The Labute approximate surface area is 119 Å². The van der Waals surface area contributed by atoms with Gasteiger partial charge in [0.15, 0.2) is 0 Å². The van der Waals surface area contributed by atoms with Crippen molar-refractivity contribution < 1.29 is 0 Å². The fourth-order valence-electron chi connectivity index (χ4n) is 2.78. The Morgan fingerprint density at radius 1 is 0.895 bits per heavy atom. The largest absolute Gasteiger partial charge is 0.261 e. The number of unbranched alkanes of at least 4 members (excludes halogenated alkanes) is 5. The lowest BCUT2D eigenvalue weighted by atomic mass is 9.91. The maximum absolute atomic E-state index is 4.47. The second-order valence-corrected chi connectivity index (χ2v) is 5.74. The highest BCUT2D eigenvalue weighted by Gasteiger charge is 2.09. The first-order chi connectivity index (χ1) is 9.36. The van der Waals surface area contributed by atoms with E-state index in [-0.39, 0.29) is 0 Å². The molecule has 0 amide bonds. The van der Waals surface area contributed by atoms with Crippen LogP contribution in [0.25, 0.3) is 0 Å². The minimum Gasteiger partial charge on any atom is -0.261 e. The predicted octanol–water partition coefficient (Wildman–Crippen LogP) is 5.79. The van der Waals surface area contributed by atoms with E-state index in [1.165, 1.54) is 69.9 Å². The third kappa shape index (κ3) is 8.02. The molecule has 0 aromatic carbocycles. The zero-order valence-corrected chi connectivity index (χ0v) is 12.9. The van der Waals surface area contributed by atoms with E-state index in [4.69, 9.17) is 0 Å². The molecular formula is C18H31N. The van der Waals surface area contributed by atoms with Gasteiger partial charge in [0.25, 0.3) is 0 Å². The Kier molecular flexibility index (Phi) is 9.40. The second-order valence-electron chi connectivity index (χ2n) is 5.74.